The second kappa shape index (κ2) is 16.6. The number of amides is 3. The number of para-hydroxylation sites is 1. The molecule has 8 heterocycles. The number of carbonyl (C=O) groups is 3. The van der Waals surface area contributed by atoms with Gasteiger partial charge in [0.2, 0.25) is 11.8 Å². The molecule has 5 fully saturated rings. The molecule has 10 rings (SSSR count). The van der Waals surface area contributed by atoms with Crippen molar-refractivity contribution in [3.05, 3.63) is 71.5 Å². The normalized spacial score (nSPS) is 24.8. The lowest BCUT2D eigenvalue weighted by atomic mass is 9.85. The van der Waals surface area contributed by atoms with Gasteiger partial charge in [0.15, 0.2) is 11.3 Å². The van der Waals surface area contributed by atoms with Crippen LogP contribution in [-0.4, -0.2) is 105 Å². The fraction of sp³-hybridized carbons (Fsp3) is 0.500. The number of hydrogen-bond acceptors (Lipinski definition) is 11. The quantitative estimate of drug-likeness (QED) is 0.133. The van der Waals surface area contributed by atoms with E-state index in [4.69, 9.17) is 18.9 Å². The van der Waals surface area contributed by atoms with E-state index in [9.17, 15) is 23.2 Å². The van der Waals surface area contributed by atoms with Crippen LogP contribution in [0.1, 0.15) is 103 Å². The number of anilines is 2. The van der Waals surface area contributed by atoms with Gasteiger partial charge in [-0.25, -0.2) is 18.3 Å². The van der Waals surface area contributed by atoms with Gasteiger partial charge in [-0.2, -0.15) is 10.2 Å². The van der Waals surface area contributed by atoms with Gasteiger partial charge in [0.05, 0.1) is 60.5 Å². The fourth-order valence-corrected chi connectivity index (χ4v) is 9.84. The summed E-state index contributed by atoms with van der Waals surface area (Å²) in [7, 11) is 0. The van der Waals surface area contributed by atoms with Crippen LogP contribution >= 0.6 is 0 Å². The van der Waals surface area contributed by atoms with Crippen molar-refractivity contribution >= 4 is 45.8 Å². The molecule has 3 amide bonds. The highest BCUT2D eigenvalue weighted by molar-refractivity contribution is 6.08. The molecule has 5 aliphatic rings. The van der Waals surface area contributed by atoms with Crippen molar-refractivity contribution in [1.29, 1.82) is 0 Å². The summed E-state index contributed by atoms with van der Waals surface area (Å²) < 4.78 is 49.4. The zero-order valence-electron chi connectivity index (χ0n) is 33.6. The number of nitrogens with one attached hydrogen (secondary N) is 2. The molecule has 2 bridgehead atoms. The summed E-state index contributed by atoms with van der Waals surface area (Å²) in [5.74, 6) is 6.01. The van der Waals surface area contributed by atoms with E-state index < -0.39 is 23.9 Å². The molecule has 17 heteroatoms. The predicted molar refractivity (Wildman–Crippen MR) is 218 cm³/mol. The molecule has 0 unspecified atom stereocenters. The van der Waals surface area contributed by atoms with E-state index in [0.717, 1.165) is 93.5 Å². The van der Waals surface area contributed by atoms with Gasteiger partial charge in [0, 0.05) is 55.9 Å². The van der Waals surface area contributed by atoms with Crippen LogP contribution in [-0.2, 0) is 19.1 Å². The lowest BCUT2D eigenvalue weighted by Gasteiger charge is -2.36. The first-order valence-corrected chi connectivity index (χ1v) is 21.3. The molecular weight excluding hydrogens is 789 g/mol. The number of piperidine rings is 2. The van der Waals surface area contributed by atoms with Crippen molar-refractivity contribution in [3.63, 3.8) is 0 Å². The van der Waals surface area contributed by atoms with Crippen molar-refractivity contribution in [2.75, 3.05) is 49.6 Å². The van der Waals surface area contributed by atoms with Gasteiger partial charge >= 0.3 is 0 Å². The van der Waals surface area contributed by atoms with Crippen LogP contribution in [0, 0.1) is 17.8 Å². The van der Waals surface area contributed by atoms with Gasteiger partial charge < -0.3 is 29.0 Å². The highest BCUT2D eigenvalue weighted by atomic mass is 19.3. The Bertz CT molecular complexity index is 2530. The first kappa shape index (κ1) is 39.4. The lowest BCUT2D eigenvalue weighted by Crippen LogP contribution is -2.40. The Kier molecular flexibility index (Phi) is 10.8. The monoisotopic (exact) mass is 835 g/mol. The van der Waals surface area contributed by atoms with E-state index >= 15 is 0 Å². The Morgan fingerprint density at radius 2 is 1.92 bits per heavy atom. The average molecular weight is 836 g/mol. The number of halogens is 2. The Morgan fingerprint density at radius 1 is 1.07 bits per heavy atom. The molecule has 5 aromatic rings. The maximum Gasteiger partial charge on any atom is 0.284 e. The summed E-state index contributed by atoms with van der Waals surface area (Å²) >= 11 is 0. The SMILES string of the molecule is O=C1CC[C@H](c2coc3c(C#CCOC4CCN(CC5CCC(n6cc(NC(=O)c7cnn8ccc(N9C[C@H]%10C[C@@H]9CO%10)nc78)c(C(F)F)n6)CC5)CC4)cccc23)C(=O)N1. The molecule has 15 nitrogen and oxygen atoms in total. The highest BCUT2D eigenvalue weighted by Crippen LogP contribution is 2.37. The summed E-state index contributed by atoms with van der Waals surface area (Å²) in [4.78, 5) is 47.0. The Morgan fingerprint density at radius 3 is 2.69 bits per heavy atom. The molecule has 1 aromatic carbocycles. The second-order valence-corrected chi connectivity index (χ2v) is 16.9. The largest absolute Gasteiger partial charge is 0.463 e. The zero-order valence-corrected chi connectivity index (χ0v) is 33.6. The number of imide groups is 1. The van der Waals surface area contributed by atoms with Gasteiger partial charge in [0.1, 0.15) is 23.6 Å². The van der Waals surface area contributed by atoms with Gasteiger partial charge in [-0.3, -0.25) is 24.4 Å². The summed E-state index contributed by atoms with van der Waals surface area (Å²) in [6.45, 7) is 4.54. The first-order valence-electron chi connectivity index (χ1n) is 21.3. The maximum atomic E-state index is 14.3. The molecule has 1 saturated carbocycles. The Balaban J connectivity index is 0.690. The Hall–Kier alpha value is -5.70. The van der Waals surface area contributed by atoms with E-state index in [-0.39, 0.29) is 47.4 Å². The van der Waals surface area contributed by atoms with Crippen LogP contribution in [0.15, 0.2) is 53.5 Å². The molecule has 318 valence electrons. The predicted octanol–water partition coefficient (Wildman–Crippen LogP) is 5.62. The van der Waals surface area contributed by atoms with Crippen molar-refractivity contribution in [2.45, 2.75) is 94.4 Å². The maximum absolute atomic E-state index is 14.3. The third-order valence-electron chi connectivity index (χ3n) is 13.1. The summed E-state index contributed by atoms with van der Waals surface area (Å²) in [6, 6.07) is 7.77. The van der Waals surface area contributed by atoms with Crippen LogP contribution in [0.25, 0.3) is 16.6 Å². The summed E-state index contributed by atoms with van der Waals surface area (Å²) in [5, 5.41) is 14.5. The number of hydrogen-bond donors (Lipinski definition) is 2. The third kappa shape index (κ3) is 7.99. The smallest absolute Gasteiger partial charge is 0.284 e. The Labute approximate surface area is 350 Å². The summed E-state index contributed by atoms with van der Waals surface area (Å²) in [5.41, 5.74) is 2.23. The number of likely N-dealkylation sites (tertiary alicyclic amines) is 1. The van der Waals surface area contributed by atoms with Crippen LogP contribution < -0.4 is 15.5 Å². The minimum Gasteiger partial charge on any atom is -0.463 e. The number of ether oxygens (including phenoxy) is 2. The zero-order chi connectivity index (χ0) is 41.6. The number of nitrogens with zero attached hydrogens (tertiary/aromatic N) is 7. The van der Waals surface area contributed by atoms with E-state index in [0.29, 0.717) is 43.2 Å². The molecule has 0 radical (unpaired) electrons. The van der Waals surface area contributed by atoms with E-state index in [2.05, 4.69) is 42.5 Å². The number of rotatable bonds is 10. The molecule has 2 N–H and O–H groups in total. The lowest BCUT2D eigenvalue weighted by molar-refractivity contribution is -0.134. The van der Waals surface area contributed by atoms with Crippen LogP contribution in [0.4, 0.5) is 20.3 Å². The van der Waals surface area contributed by atoms with Gasteiger partial charge in [-0.1, -0.05) is 24.0 Å². The number of fused-ring (bicyclic) bond motifs is 4. The van der Waals surface area contributed by atoms with Crippen molar-refractivity contribution < 1.29 is 37.1 Å². The molecule has 4 aromatic heterocycles. The molecule has 1 aliphatic carbocycles. The van der Waals surface area contributed by atoms with Gasteiger partial charge in [-0.05, 0) is 69.4 Å². The molecule has 4 saturated heterocycles. The van der Waals surface area contributed by atoms with E-state index in [1.807, 2.05) is 24.3 Å². The number of aromatic nitrogens is 5. The van der Waals surface area contributed by atoms with Crippen molar-refractivity contribution in [3.8, 4) is 11.8 Å². The van der Waals surface area contributed by atoms with Gasteiger partial charge in [0.25, 0.3) is 12.3 Å². The average Bonchev–Trinajstić information content (AvgIpc) is 4.12. The molecule has 4 aliphatic heterocycles. The molecule has 3 atom stereocenters. The first-order chi connectivity index (χ1) is 29.7. The minimum atomic E-state index is -2.85. The third-order valence-corrected chi connectivity index (χ3v) is 13.1. The number of morpholine rings is 1. The van der Waals surface area contributed by atoms with E-state index in [1.54, 1.807) is 23.3 Å². The van der Waals surface area contributed by atoms with Crippen molar-refractivity contribution in [2.24, 2.45) is 5.92 Å². The molecule has 0 spiro atoms. The van der Waals surface area contributed by atoms with E-state index in [1.165, 1.54) is 10.7 Å². The number of alkyl halides is 2. The van der Waals surface area contributed by atoms with Gasteiger partial charge in [-0.15, -0.1) is 0 Å². The van der Waals surface area contributed by atoms with Crippen LogP contribution in [0.2, 0.25) is 0 Å². The number of furan rings is 1. The van der Waals surface area contributed by atoms with Crippen LogP contribution in [0.3, 0.4) is 0 Å². The number of benzene rings is 1. The van der Waals surface area contributed by atoms with Crippen molar-refractivity contribution in [1.82, 2.24) is 34.6 Å². The number of carbonyl (C=O) groups excluding carboxylic acids is 3. The standard InChI is InChI=1S/C44H47F2N9O6/c45-41(46)39-36(48-44(58)34-20-47-54-17-14-37(49-42(34)54)53-22-31-19-29(53)24-60-31)23-55(51-39)28-8-6-26(7-9-28)21-52-15-12-30(13-16-52)59-18-2-4-27-3-1-5-32-35(25-61-40(27)32)33-10-11-38(56)50-43(33)57/h1,3,5,14,17,20,23,25-26,28-31,33,41H,6-13,15-16,18-19,21-22,24H2,(H,48,58)(H,50,56,57)/t26?,28?,29-,31-,33-/m1/s1. The fourth-order valence-electron chi connectivity index (χ4n) is 9.84. The second-order valence-electron chi connectivity index (χ2n) is 16.9. The highest BCUT2D eigenvalue weighted by Gasteiger charge is 2.40. The van der Waals surface area contributed by atoms with Crippen LogP contribution in [0.5, 0.6) is 0 Å². The molecular formula is C44H47F2N9O6. The minimum absolute atomic E-state index is 0.00165. The summed E-state index contributed by atoms with van der Waals surface area (Å²) in [6.07, 6.45) is 10.8. The topological polar surface area (TPSA) is 161 Å². The molecule has 61 heavy (non-hydrogen) atoms.